The van der Waals surface area contributed by atoms with E-state index in [-0.39, 0.29) is 22.8 Å². The van der Waals surface area contributed by atoms with Gasteiger partial charge in [0.1, 0.15) is 5.02 Å². The van der Waals surface area contributed by atoms with E-state index in [0.29, 0.717) is 12.8 Å². The Labute approximate surface area is 120 Å². The standard InChI is InChI=1S/C13H15ClN2O4/c14-10-7-9(3-4-11(10)16(19)20)12(17)15-8-13(18)5-1-2-6-13/h3-4,7,18H,1-2,5-6,8H2,(H,15,17). The first kappa shape index (κ1) is 14.7. The molecule has 2 rings (SSSR count). The van der Waals surface area contributed by atoms with Crippen molar-refractivity contribution < 1.29 is 14.8 Å². The van der Waals surface area contributed by atoms with E-state index >= 15 is 0 Å². The predicted octanol–water partition coefficient (Wildman–Crippen LogP) is 2.28. The van der Waals surface area contributed by atoms with E-state index in [1.165, 1.54) is 18.2 Å². The van der Waals surface area contributed by atoms with Gasteiger partial charge in [0.2, 0.25) is 0 Å². The van der Waals surface area contributed by atoms with Crippen LogP contribution in [0.5, 0.6) is 0 Å². The molecule has 2 N–H and O–H groups in total. The van der Waals surface area contributed by atoms with Crippen molar-refractivity contribution in [1.29, 1.82) is 0 Å². The molecule has 1 aliphatic carbocycles. The zero-order valence-corrected chi connectivity index (χ0v) is 11.5. The number of carbonyl (C=O) groups is 1. The van der Waals surface area contributed by atoms with Crippen LogP contribution in [0.15, 0.2) is 18.2 Å². The van der Waals surface area contributed by atoms with Crippen LogP contribution in [-0.4, -0.2) is 28.1 Å². The van der Waals surface area contributed by atoms with Crippen LogP contribution in [0.1, 0.15) is 36.0 Å². The van der Waals surface area contributed by atoms with E-state index in [1.54, 1.807) is 0 Å². The van der Waals surface area contributed by atoms with Gasteiger partial charge in [0, 0.05) is 18.2 Å². The number of hydrogen-bond acceptors (Lipinski definition) is 4. The molecule has 7 heteroatoms. The normalized spacial score (nSPS) is 16.9. The summed E-state index contributed by atoms with van der Waals surface area (Å²) in [5, 5.41) is 23.3. The van der Waals surface area contributed by atoms with E-state index in [2.05, 4.69) is 5.32 Å². The van der Waals surface area contributed by atoms with Gasteiger partial charge in [-0.1, -0.05) is 24.4 Å². The topological polar surface area (TPSA) is 92.5 Å². The molecule has 0 spiro atoms. The van der Waals surface area contributed by atoms with Crippen molar-refractivity contribution in [2.45, 2.75) is 31.3 Å². The van der Waals surface area contributed by atoms with Crippen molar-refractivity contribution >= 4 is 23.2 Å². The van der Waals surface area contributed by atoms with Crippen molar-refractivity contribution in [3.05, 3.63) is 38.9 Å². The van der Waals surface area contributed by atoms with Crippen LogP contribution < -0.4 is 5.32 Å². The summed E-state index contributed by atoms with van der Waals surface area (Å²) in [6, 6.07) is 3.80. The SMILES string of the molecule is O=C(NCC1(O)CCCC1)c1ccc([N+](=O)[O-])c(Cl)c1. The van der Waals surface area contributed by atoms with Crippen molar-refractivity contribution in [2.75, 3.05) is 6.54 Å². The van der Waals surface area contributed by atoms with E-state index < -0.39 is 16.4 Å². The highest BCUT2D eigenvalue weighted by molar-refractivity contribution is 6.33. The van der Waals surface area contributed by atoms with Gasteiger partial charge in [-0.2, -0.15) is 0 Å². The molecule has 1 fully saturated rings. The first-order valence-electron chi connectivity index (χ1n) is 6.36. The third-order valence-corrected chi connectivity index (χ3v) is 3.82. The molecule has 0 bridgehead atoms. The van der Waals surface area contributed by atoms with Gasteiger partial charge < -0.3 is 10.4 Å². The minimum atomic E-state index is -0.833. The summed E-state index contributed by atoms with van der Waals surface area (Å²) in [6.45, 7) is 0.181. The van der Waals surface area contributed by atoms with Crippen molar-refractivity contribution in [3.63, 3.8) is 0 Å². The summed E-state index contributed by atoms with van der Waals surface area (Å²) < 4.78 is 0. The molecule has 1 aliphatic rings. The molecule has 0 radical (unpaired) electrons. The molecule has 20 heavy (non-hydrogen) atoms. The number of nitro benzene ring substituents is 1. The average molecular weight is 299 g/mol. The van der Waals surface area contributed by atoms with Crippen LogP contribution in [0.4, 0.5) is 5.69 Å². The average Bonchev–Trinajstić information content (AvgIpc) is 2.83. The quantitative estimate of drug-likeness (QED) is 0.659. The van der Waals surface area contributed by atoms with E-state index in [4.69, 9.17) is 11.6 Å². The number of rotatable bonds is 4. The van der Waals surface area contributed by atoms with E-state index in [0.717, 1.165) is 12.8 Å². The Kier molecular flexibility index (Phi) is 4.25. The Bertz CT molecular complexity index is 541. The number of benzene rings is 1. The number of amides is 1. The van der Waals surface area contributed by atoms with Gasteiger partial charge in [-0.3, -0.25) is 14.9 Å². The highest BCUT2D eigenvalue weighted by atomic mass is 35.5. The zero-order chi connectivity index (χ0) is 14.8. The molecule has 108 valence electrons. The second-order valence-corrected chi connectivity index (χ2v) is 5.44. The molecule has 1 aromatic carbocycles. The number of aliphatic hydroxyl groups is 1. The lowest BCUT2D eigenvalue weighted by Crippen LogP contribution is -2.40. The zero-order valence-electron chi connectivity index (χ0n) is 10.8. The van der Waals surface area contributed by atoms with Crippen LogP contribution >= 0.6 is 11.6 Å². The fourth-order valence-corrected chi connectivity index (χ4v) is 2.60. The lowest BCUT2D eigenvalue weighted by atomic mass is 10.0. The van der Waals surface area contributed by atoms with Gasteiger partial charge in [-0.05, 0) is 25.0 Å². The summed E-state index contributed by atoms with van der Waals surface area (Å²) in [4.78, 5) is 22.0. The lowest BCUT2D eigenvalue weighted by Gasteiger charge is -2.22. The fraction of sp³-hybridized carbons (Fsp3) is 0.462. The Morgan fingerprint density at radius 2 is 2.10 bits per heavy atom. The first-order chi connectivity index (χ1) is 9.41. The summed E-state index contributed by atoms with van der Waals surface area (Å²) in [7, 11) is 0. The highest BCUT2D eigenvalue weighted by Gasteiger charge is 2.31. The maximum absolute atomic E-state index is 11.9. The second kappa shape index (κ2) is 5.76. The number of nitrogens with one attached hydrogen (secondary N) is 1. The van der Waals surface area contributed by atoms with Crippen molar-refractivity contribution in [1.82, 2.24) is 5.32 Å². The molecular formula is C13H15ClN2O4. The monoisotopic (exact) mass is 298 g/mol. The third-order valence-electron chi connectivity index (χ3n) is 3.52. The smallest absolute Gasteiger partial charge is 0.287 e. The summed E-state index contributed by atoms with van der Waals surface area (Å²) in [6.07, 6.45) is 3.26. The van der Waals surface area contributed by atoms with E-state index in [1.807, 2.05) is 0 Å². The Hall–Kier alpha value is -1.66. The molecule has 0 aromatic heterocycles. The Morgan fingerprint density at radius 1 is 1.45 bits per heavy atom. The van der Waals surface area contributed by atoms with Gasteiger partial charge in [-0.25, -0.2) is 0 Å². The minimum Gasteiger partial charge on any atom is -0.388 e. The lowest BCUT2D eigenvalue weighted by molar-refractivity contribution is -0.384. The summed E-state index contributed by atoms with van der Waals surface area (Å²) in [5.74, 6) is -0.401. The number of nitrogens with zero attached hydrogens (tertiary/aromatic N) is 1. The Balaban J connectivity index is 2.02. The largest absolute Gasteiger partial charge is 0.388 e. The molecule has 1 saturated carbocycles. The van der Waals surface area contributed by atoms with Gasteiger partial charge in [0.05, 0.1) is 10.5 Å². The molecule has 1 amide bonds. The van der Waals surface area contributed by atoms with E-state index in [9.17, 15) is 20.0 Å². The molecule has 0 unspecified atom stereocenters. The molecule has 0 aliphatic heterocycles. The molecular weight excluding hydrogens is 284 g/mol. The van der Waals surface area contributed by atoms with Crippen LogP contribution in [0, 0.1) is 10.1 Å². The maximum Gasteiger partial charge on any atom is 0.287 e. The molecule has 0 saturated heterocycles. The van der Waals surface area contributed by atoms with Gasteiger partial charge >= 0.3 is 0 Å². The van der Waals surface area contributed by atoms with Gasteiger partial charge in [0.15, 0.2) is 0 Å². The number of hydrogen-bond donors (Lipinski definition) is 2. The minimum absolute atomic E-state index is 0.0813. The van der Waals surface area contributed by atoms with Crippen LogP contribution in [-0.2, 0) is 0 Å². The van der Waals surface area contributed by atoms with Gasteiger partial charge in [0.25, 0.3) is 11.6 Å². The second-order valence-electron chi connectivity index (χ2n) is 5.04. The summed E-state index contributed by atoms with van der Waals surface area (Å²) in [5.41, 5.74) is -0.833. The first-order valence-corrected chi connectivity index (χ1v) is 6.74. The number of nitro groups is 1. The molecule has 6 nitrogen and oxygen atoms in total. The van der Waals surface area contributed by atoms with Crippen LogP contribution in [0.3, 0.4) is 0 Å². The molecule has 0 atom stereocenters. The fourth-order valence-electron chi connectivity index (χ4n) is 2.35. The number of carbonyl (C=O) groups excluding carboxylic acids is 1. The summed E-state index contributed by atoms with van der Waals surface area (Å²) >= 11 is 5.75. The van der Waals surface area contributed by atoms with Crippen molar-refractivity contribution in [2.24, 2.45) is 0 Å². The van der Waals surface area contributed by atoms with Crippen LogP contribution in [0.25, 0.3) is 0 Å². The molecule has 1 aromatic rings. The van der Waals surface area contributed by atoms with Crippen molar-refractivity contribution in [3.8, 4) is 0 Å². The Morgan fingerprint density at radius 3 is 2.65 bits per heavy atom. The van der Waals surface area contributed by atoms with Gasteiger partial charge in [-0.15, -0.1) is 0 Å². The highest BCUT2D eigenvalue weighted by Crippen LogP contribution is 2.29. The number of halogens is 1. The van der Waals surface area contributed by atoms with Crippen LogP contribution in [0.2, 0.25) is 5.02 Å². The molecule has 0 heterocycles. The predicted molar refractivity (Wildman–Crippen MR) is 73.9 cm³/mol. The third kappa shape index (κ3) is 3.26. The maximum atomic E-state index is 11.9.